The van der Waals surface area contributed by atoms with Crippen LogP contribution >= 0.6 is 0 Å². The van der Waals surface area contributed by atoms with Crippen LogP contribution in [0.2, 0.25) is 0 Å². The first-order valence-electron chi connectivity index (χ1n) is 5.39. The van der Waals surface area contributed by atoms with Crippen LogP contribution in [0.15, 0.2) is 18.3 Å². The van der Waals surface area contributed by atoms with E-state index in [1.54, 1.807) is 20.1 Å². The third-order valence-corrected chi connectivity index (χ3v) is 2.86. The molecule has 0 bridgehead atoms. The van der Waals surface area contributed by atoms with Crippen LogP contribution in [0.3, 0.4) is 0 Å². The summed E-state index contributed by atoms with van der Waals surface area (Å²) in [4.78, 5) is 19.3. The lowest BCUT2D eigenvalue weighted by Crippen LogP contribution is -2.48. The van der Waals surface area contributed by atoms with Gasteiger partial charge < -0.3 is 15.5 Å². The average molecular weight is 218 g/mol. The van der Waals surface area contributed by atoms with Gasteiger partial charge in [0.25, 0.3) is 0 Å². The Kier molecular flexibility index (Phi) is 2.98. The van der Waals surface area contributed by atoms with Crippen molar-refractivity contribution in [2.24, 2.45) is 0 Å². The first-order valence-corrected chi connectivity index (χ1v) is 5.39. The number of amides is 1. The van der Waals surface area contributed by atoms with E-state index in [2.05, 4.69) is 9.88 Å². The van der Waals surface area contributed by atoms with E-state index < -0.39 is 0 Å². The van der Waals surface area contributed by atoms with E-state index in [0.29, 0.717) is 5.82 Å². The molecule has 16 heavy (non-hydrogen) atoms. The first kappa shape index (κ1) is 10.8. The van der Waals surface area contributed by atoms with Crippen molar-refractivity contribution < 1.29 is 4.79 Å². The van der Waals surface area contributed by atoms with E-state index in [1.807, 2.05) is 11.0 Å². The first-order chi connectivity index (χ1) is 7.66. The predicted molar refractivity (Wildman–Crippen MR) is 66.4 cm³/mol. The normalized spacial score (nSPS) is 16.2. The summed E-state index contributed by atoms with van der Waals surface area (Å²) in [6, 6.07) is 3.76. The Hall–Kier alpha value is -1.72. The maximum atomic E-state index is 11.2. The minimum Gasteiger partial charge on any atom is -0.384 e. The molecule has 0 spiro atoms. The van der Waals surface area contributed by atoms with Crippen molar-refractivity contribution in [3.8, 4) is 0 Å². The molecule has 0 aromatic carbocycles. The molecule has 5 nitrogen and oxygen atoms in total. The second-order valence-electron chi connectivity index (χ2n) is 3.93. The number of anilines is 2. The van der Waals surface area contributed by atoms with Crippen LogP contribution in [-0.2, 0) is 0 Å². The molecule has 2 rings (SSSR count). The lowest BCUT2D eigenvalue weighted by atomic mass is 10.1. The number of nitrogens with two attached hydrogens (primary N) is 1. The second-order valence-corrected chi connectivity index (χ2v) is 3.93. The molecule has 2 heterocycles. The second kappa shape index (κ2) is 4.43. The molecule has 0 atom stereocenters. The molecule has 1 amide bonds. The van der Waals surface area contributed by atoms with Gasteiger partial charge in [-0.25, -0.2) is 4.98 Å². The smallest absolute Gasteiger partial charge is 0.215 e. The van der Waals surface area contributed by atoms with E-state index in [1.165, 1.54) is 0 Å². The fraction of sp³-hybridized carbons (Fsp3) is 0.400. The number of aromatic nitrogens is 1. The van der Waals surface area contributed by atoms with Crippen LogP contribution in [0.5, 0.6) is 0 Å². The number of rotatable bonds is 1. The molecular formula is C10H15BN4O. The monoisotopic (exact) mass is 218 g/mol. The van der Waals surface area contributed by atoms with Crippen LogP contribution in [0.1, 0.15) is 0 Å². The Balaban J connectivity index is 1.99. The van der Waals surface area contributed by atoms with Gasteiger partial charge in [-0.2, -0.15) is 0 Å². The number of nitrogen functional groups attached to an aromatic ring is 1. The molecule has 0 saturated carbocycles. The van der Waals surface area contributed by atoms with E-state index >= 15 is 0 Å². The number of carbonyl (C=O) groups excluding carboxylic acids is 1. The quantitative estimate of drug-likeness (QED) is 0.648. The molecule has 6 heteroatoms. The minimum absolute atomic E-state index is 0.148. The van der Waals surface area contributed by atoms with Crippen molar-refractivity contribution in [1.82, 2.24) is 9.88 Å². The van der Waals surface area contributed by atoms with Gasteiger partial charge in [0.05, 0.1) is 11.9 Å². The Morgan fingerprint density at radius 2 is 2.00 bits per heavy atom. The summed E-state index contributed by atoms with van der Waals surface area (Å²) < 4.78 is 0. The van der Waals surface area contributed by atoms with E-state index in [-0.39, 0.29) is 5.81 Å². The number of pyridine rings is 1. The molecule has 1 aliphatic heterocycles. The number of piperazine rings is 1. The van der Waals surface area contributed by atoms with Crippen molar-refractivity contribution >= 4 is 25.2 Å². The van der Waals surface area contributed by atoms with Crippen molar-refractivity contribution in [1.29, 1.82) is 0 Å². The summed E-state index contributed by atoms with van der Waals surface area (Å²) in [7, 11) is 1.61. The maximum Gasteiger partial charge on any atom is 0.215 e. The van der Waals surface area contributed by atoms with Gasteiger partial charge >= 0.3 is 0 Å². The fourth-order valence-electron chi connectivity index (χ4n) is 1.86. The molecule has 0 aliphatic carbocycles. The Labute approximate surface area is 95.6 Å². The van der Waals surface area contributed by atoms with Crippen LogP contribution in [-0.4, -0.2) is 49.7 Å². The zero-order valence-electron chi connectivity index (χ0n) is 9.39. The molecule has 0 radical (unpaired) electrons. The van der Waals surface area contributed by atoms with Gasteiger partial charge in [0.2, 0.25) is 7.85 Å². The van der Waals surface area contributed by atoms with Gasteiger partial charge in [-0.3, -0.25) is 4.79 Å². The van der Waals surface area contributed by atoms with Gasteiger partial charge in [-0.15, -0.1) is 0 Å². The van der Waals surface area contributed by atoms with Crippen LogP contribution in [0.25, 0.3) is 0 Å². The highest BCUT2D eigenvalue weighted by molar-refractivity contribution is 6.56. The van der Waals surface area contributed by atoms with Crippen LogP contribution < -0.4 is 10.6 Å². The highest BCUT2D eigenvalue weighted by atomic mass is 16.1. The molecule has 1 fully saturated rings. The molecule has 84 valence electrons. The van der Waals surface area contributed by atoms with E-state index in [4.69, 9.17) is 5.73 Å². The van der Waals surface area contributed by atoms with Gasteiger partial charge in [0, 0.05) is 26.2 Å². The molecule has 0 unspecified atom stereocenters. The lowest BCUT2D eigenvalue weighted by molar-refractivity contribution is 0.218. The average Bonchev–Trinajstić information content (AvgIpc) is 2.30. The molecule has 1 saturated heterocycles. The SMILES string of the molecule is BC(=O)N1CCN(c2ccc(N)nc2)CC1. The summed E-state index contributed by atoms with van der Waals surface area (Å²) in [6.07, 6.45) is 1.78. The largest absolute Gasteiger partial charge is 0.384 e. The maximum absolute atomic E-state index is 11.2. The number of hydrogen-bond acceptors (Lipinski definition) is 4. The van der Waals surface area contributed by atoms with Crippen molar-refractivity contribution in [3.05, 3.63) is 18.3 Å². The lowest BCUT2D eigenvalue weighted by Gasteiger charge is -2.35. The summed E-state index contributed by atoms with van der Waals surface area (Å²) >= 11 is 0. The highest BCUT2D eigenvalue weighted by Gasteiger charge is 2.18. The predicted octanol–water partition coefficient (Wildman–Crippen LogP) is -0.461. The standard InChI is InChI=1S/C10H15BN4O/c11-10(16)15-5-3-14(4-6-15)8-1-2-9(12)13-7-8/h1-2,7H,3-6,11H2,(H2,12,13). The number of nitrogens with zero attached hydrogens (tertiary/aromatic N) is 3. The summed E-state index contributed by atoms with van der Waals surface area (Å²) in [5, 5.41) is 0. The Morgan fingerprint density at radius 1 is 1.31 bits per heavy atom. The zero-order valence-corrected chi connectivity index (χ0v) is 9.39. The van der Waals surface area contributed by atoms with Crippen LogP contribution in [0.4, 0.5) is 16.3 Å². The zero-order chi connectivity index (χ0) is 11.5. The summed E-state index contributed by atoms with van der Waals surface area (Å²) in [5.74, 6) is 0.682. The number of hydrogen-bond donors (Lipinski definition) is 1. The van der Waals surface area contributed by atoms with E-state index in [9.17, 15) is 4.79 Å². The Bertz CT molecular complexity index is 373. The van der Waals surface area contributed by atoms with Gasteiger partial charge in [-0.05, 0) is 12.1 Å². The highest BCUT2D eigenvalue weighted by Crippen LogP contribution is 2.15. The summed E-state index contributed by atoms with van der Waals surface area (Å²) in [6.45, 7) is 3.26. The van der Waals surface area contributed by atoms with E-state index in [0.717, 1.165) is 31.9 Å². The molecule has 1 aromatic heterocycles. The van der Waals surface area contributed by atoms with Gasteiger partial charge in [0.1, 0.15) is 5.82 Å². The third kappa shape index (κ3) is 2.26. The van der Waals surface area contributed by atoms with Gasteiger partial charge in [0.15, 0.2) is 5.81 Å². The molecule has 1 aromatic rings. The molecule has 2 N–H and O–H groups in total. The topological polar surface area (TPSA) is 62.5 Å². The third-order valence-electron chi connectivity index (χ3n) is 2.86. The summed E-state index contributed by atoms with van der Waals surface area (Å²) in [5.41, 5.74) is 6.60. The molecular weight excluding hydrogens is 203 g/mol. The van der Waals surface area contributed by atoms with Crippen LogP contribution in [0, 0.1) is 0 Å². The van der Waals surface area contributed by atoms with Gasteiger partial charge in [-0.1, -0.05) is 0 Å². The number of carbonyl (C=O) groups is 1. The van der Waals surface area contributed by atoms with Crippen molar-refractivity contribution in [2.75, 3.05) is 36.8 Å². The Morgan fingerprint density at radius 3 is 2.50 bits per heavy atom. The van der Waals surface area contributed by atoms with Crippen molar-refractivity contribution in [3.63, 3.8) is 0 Å². The molecule has 1 aliphatic rings. The minimum atomic E-state index is 0.148. The fourth-order valence-corrected chi connectivity index (χ4v) is 1.86. The van der Waals surface area contributed by atoms with Crippen molar-refractivity contribution in [2.45, 2.75) is 0 Å².